The second-order valence-electron chi connectivity index (χ2n) is 3.38. The summed E-state index contributed by atoms with van der Waals surface area (Å²) in [6.45, 7) is -0.267. The Hall–Kier alpha value is -1.48. The zero-order chi connectivity index (χ0) is 12.1. The zero-order valence-electron chi connectivity index (χ0n) is 8.47. The summed E-state index contributed by atoms with van der Waals surface area (Å²) in [5.41, 5.74) is 0.0602. The van der Waals surface area contributed by atoms with Crippen LogP contribution in [0, 0.1) is 17.1 Å². The van der Waals surface area contributed by atoms with Crippen LogP contribution in [-0.4, -0.2) is 28.0 Å². The number of hydrogen-bond donors (Lipinski definition) is 3. The predicted octanol–water partition coefficient (Wildman–Crippen LogP) is 0.474. The second kappa shape index (κ2) is 5.56. The summed E-state index contributed by atoms with van der Waals surface area (Å²) in [7, 11) is 0. The molecule has 2 atom stereocenters. The molecule has 0 bridgehead atoms. The average Bonchev–Trinajstić information content (AvgIpc) is 2.28. The van der Waals surface area contributed by atoms with Crippen molar-refractivity contribution in [2.24, 2.45) is 0 Å². The third-order valence-corrected chi connectivity index (χ3v) is 2.24. The van der Waals surface area contributed by atoms with Crippen molar-refractivity contribution in [3.05, 3.63) is 35.1 Å². The van der Waals surface area contributed by atoms with Gasteiger partial charge in [-0.3, -0.25) is 0 Å². The molecule has 16 heavy (non-hydrogen) atoms. The molecule has 2 unspecified atom stereocenters. The molecule has 0 saturated heterocycles. The molecule has 0 aromatic heterocycles. The number of hydrogen-bond acceptors (Lipinski definition) is 4. The van der Waals surface area contributed by atoms with Gasteiger partial charge in [-0.25, -0.2) is 4.39 Å². The first kappa shape index (κ1) is 12.6. The van der Waals surface area contributed by atoms with Crippen LogP contribution in [0.2, 0.25) is 0 Å². The quantitative estimate of drug-likeness (QED) is 0.695. The first-order chi connectivity index (χ1) is 7.60. The van der Waals surface area contributed by atoms with Crippen molar-refractivity contribution in [1.29, 1.82) is 5.26 Å². The molecule has 0 aliphatic carbocycles. The summed E-state index contributed by atoms with van der Waals surface area (Å²) in [6.07, 6.45) is -2.42. The fraction of sp³-hybridized carbons (Fsp3) is 0.364. The summed E-state index contributed by atoms with van der Waals surface area (Å²) in [4.78, 5) is 0. The van der Waals surface area contributed by atoms with Crippen LogP contribution in [0.1, 0.15) is 23.7 Å². The highest BCUT2D eigenvalue weighted by Crippen LogP contribution is 2.21. The van der Waals surface area contributed by atoms with Gasteiger partial charge < -0.3 is 15.3 Å². The van der Waals surface area contributed by atoms with Gasteiger partial charge in [0.1, 0.15) is 18.0 Å². The lowest BCUT2D eigenvalue weighted by Crippen LogP contribution is -2.19. The molecule has 1 aromatic rings. The smallest absolute Gasteiger partial charge is 0.141 e. The number of aliphatic hydroxyl groups excluding tert-OH is 3. The van der Waals surface area contributed by atoms with Gasteiger partial charge in [0.25, 0.3) is 0 Å². The van der Waals surface area contributed by atoms with Crippen LogP contribution in [0.5, 0.6) is 0 Å². The van der Waals surface area contributed by atoms with Crippen LogP contribution >= 0.6 is 0 Å². The highest BCUT2D eigenvalue weighted by molar-refractivity contribution is 5.34. The van der Waals surface area contributed by atoms with E-state index < -0.39 is 18.0 Å². The van der Waals surface area contributed by atoms with Gasteiger partial charge in [-0.15, -0.1) is 0 Å². The summed E-state index contributed by atoms with van der Waals surface area (Å²) >= 11 is 0. The SMILES string of the molecule is N#Cc1ccc(C(O)C(O)CCO)cc1F. The van der Waals surface area contributed by atoms with Crippen LogP contribution in [-0.2, 0) is 0 Å². The Balaban J connectivity index is 2.89. The molecule has 0 aliphatic heterocycles. The van der Waals surface area contributed by atoms with E-state index in [0.717, 1.165) is 6.07 Å². The standard InChI is InChI=1S/C11H12FNO3/c12-9-5-7(1-2-8(9)6-13)11(16)10(15)3-4-14/h1-2,5,10-11,14-16H,3-4H2. The minimum absolute atomic E-state index is 0.00277. The van der Waals surface area contributed by atoms with E-state index in [9.17, 15) is 14.6 Å². The van der Waals surface area contributed by atoms with E-state index in [-0.39, 0.29) is 24.2 Å². The lowest BCUT2D eigenvalue weighted by molar-refractivity contribution is 0.00408. The Morgan fingerprint density at radius 1 is 1.38 bits per heavy atom. The molecular weight excluding hydrogens is 213 g/mol. The van der Waals surface area contributed by atoms with Crippen molar-refractivity contribution < 1.29 is 19.7 Å². The molecule has 1 rings (SSSR count). The molecule has 0 saturated carbocycles. The van der Waals surface area contributed by atoms with E-state index >= 15 is 0 Å². The maximum Gasteiger partial charge on any atom is 0.141 e. The lowest BCUT2D eigenvalue weighted by Gasteiger charge is -2.17. The number of rotatable bonds is 4. The zero-order valence-corrected chi connectivity index (χ0v) is 8.47. The largest absolute Gasteiger partial charge is 0.396 e. The van der Waals surface area contributed by atoms with Crippen LogP contribution < -0.4 is 0 Å². The highest BCUT2D eigenvalue weighted by atomic mass is 19.1. The van der Waals surface area contributed by atoms with Gasteiger partial charge in [0.2, 0.25) is 0 Å². The van der Waals surface area contributed by atoms with E-state index in [4.69, 9.17) is 10.4 Å². The fourth-order valence-corrected chi connectivity index (χ4v) is 1.32. The Morgan fingerprint density at radius 2 is 2.06 bits per heavy atom. The highest BCUT2D eigenvalue weighted by Gasteiger charge is 2.18. The maximum absolute atomic E-state index is 13.2. The minimum Gasteiger partial charge on any atom is -0.396 e. The molecule has 86 valence electrons. The molecule has 0 fully saturated rings. The topological polar surface area (TPSA) is 84.5 Å². The average molecular weight is 225 g/mol. The van der Waals surface area contributed by atoms with E-state index in [2.05, 4.69) is 0 Å². The predicted molar refractivity (Wildman–Crippen MR) is 53.8 cm³/mol. The Morgan fingerprint density at radius 3 is 2.56 bits per heavy atom. The Labute approximate surface area is 92.2 Å². The van der Waals surface area contributed by atoms with E-state index in [0.29, 0.717) is 0 Å². The summed E-state index contributed by atoms with van der Waals surface area (Å²) < 4.78 is 13.2. The molecule has 0 heterocycles. The van der Waals surface area contributed by atoms with E-state index in [1.54, 1.807) is 6.07 Å². The molecule has 4 nitrogen and oxygen atoms in total. The molecule has 5 heteroatoms. The first-order valence-electron chi connectivity index (χ1n) is 4.76. The molecule has 0 amide bonds. The molecule has 0 aliphatic rings. The lowest BCUT2D eigenvalue weighted by atomic mass is 10.0. The van der Waals surface area contributed by atoms with Crippen molar-refractivity contribution in [1.82, 2.24) is 0 Å². The molecule has 3 N–H and O–H groups in total. The van der Waals surface area contributed by atoms with Crippen LogP contribution in [0.3, 0.4) is 0 Å². The number of benzene rings is 1. The van der Waals surface area contributed by atoms with Gasteiger partial charge in [-0.1, -0.05) is 6.07 Å². The molecule has 0 radical (unpaired) electrons. The first-order valence-corrected chi connectivity index (χ1v) is 4.76. The van der Waals surface area contributed by atoms with Crippen molar-refractivity contribution in [2.45, 2.75) is 18.6 Å². The van der Waals surface area contributed by atoms with E-state index in [1.807, 2.05) is 0 Å². The minimum atomic E-state index is -1.27. The molecular formula is C11H12FNO3. The van der Waals surface area contributed by atoms with Crippen LogP contribution in [0.25, 0.3) is 0 Å². The molecule has 1 aromatic carbocycles. The molecule has 0 spiro atoms. The summed E-state index contributed by atoms with van der Waals surface area (Å²) in [6, 6.07) is 5.26. The van der Waals surface area contributed by atoms with Crippen molar-refractivity contribution >= 4 is 0 Å². The van der Waals surface area contributed by atoms with E-state index in [1.165, 1.54) is 12.1 Å². The summed E-state index contributed by atoms with van der Waals surface area (Å²) in [5, 5.41) is 36.1. The monoisotopic (exact) mass is 225 g/mol. The number of halogens is 1. The van der Waals surface area contributed by atoms with Gasteiger partial charge >= 0.3 is 0 Å². The Bertz CT molecular complexity index is 403. The maximum atomic E-state index is 13.2. The second-order valence-corrected chi connectivity index (χ2v) is 3.38. The normalized spacial score (nSPS) is 14.2. The van der Waals surface area contributed by atoms with Gasteiger partial charge in [0, 0.05) is 6.61 Å². The number of nitrogens with zero attached hydrogens (tertiary/aromatic N) is 1. The third-order valence-electron chi connectivity index (χ3n) is 2.24. The third kappa shape index (κ3) is 2.76. The van der Waals surface area contributed by atoms with Crippen LogP contribution in [0.4, 0.5) is 4.39 Å². The van der Waals surface area contributed by atoms with Crippen molar-refractivity contribution in [2.75, 3.05) is 6.61 Å². The number of aliphatic hydroxyl groups is 3. The number of nitriles is 1. The summed E-state index contributed by atoms with van der Waals surface area (Å²) in [5.74, 6) is -0.741. The van der Waals surface area contributed by atoms with Crippen molar-refractivity contribution in [3.8, 4) is 6.07 Å². The van der Waals surface area contributed by atoms with Gasteiger partial charge in [-0.05, 0) is 24.1 Å². The van der Waals surface area contributed by atoms with Gasteiger partial charge in [-0.2, -0.15) is 5.26 Å². The fourth-order valence-electron chi connectivity index (χ4n) is 1.32. The Kier molecular flexibility index (Phi) is 4.38. The van der Waals surface area contributed by atoms with Crippen molar-refractivity contribution in [3.63, 3.8) is 0 Å². The van der Waals surface area contributed by atoms with Gasteiger partial charge in [0.05, 0.1) is 11.7 Å². The van der Waals surface area contributed by atoms with Crippen LogP contribution in [0.15, 0.2) is 18.2 Å². The van der Waals surface area contributed by atoms with Gasteiger partial charge in [0.15, 0.2) is 0 Å².